The molecule has 186 valence electrons. The van der Waals surface area contributed by atoms with Gasteiger partial charge in [-0.25, -0.2) is 9.18 Å². The number of hydrogen-bond donors (Lipinski definition) is 3. The summed E-state index contributed by atoms with van der Waals surface area (Å²) in [5.41, 5.74) is 12.4. The van der Waals surface area contributed by atoms with Gasteiger partial charge >= 0.3 is 6.09 Å². The van der Waals surface area contributed by atoms with Gasteiger partial charge in [0.05, 0.1) is 23.4 Å². The zero-order valence-corrected chi connectivity index (χ0v) is 20.3. The Kier molecular flexibility index (Phi) is 10.2. The molecule has 0 aliphatic carbocycles. The Morgan fingerprint density at radius 3 is 2.47 bits per heavy atom. The Labute approximate surface area is 209 Å². The number of carbonyl (C=O) groups excluding carboxylic acids is 2. The molecule has 8 nitrogen and oxygen atoms in total. The molecule has 1 aliphatic rings. The third-order valence-electron chi connectivity index (χ3n) is 5.75. The molecule has 1 saturated heterocycles. The highest BCUT2D eigenvalue weighted by atomic mass is 35.5. The molecular weight excluding hydrogens is 486 g/mol. The first-order chi connectivity index (χ1) is 15.8. The number of carbonyl (C=O) groups is 2. The van der Waals surface area contributed by atoms with Crippen molar-refractivity contribution in [2.45, 2.75) is 18.9 Å². The molecular formula is C23H29Cl2FN4O4. The van der Waals surface area contributed by atoms with Crippen LogP contribution in [0.5, 0.6) is 5.75 Å². The van der Waals surface area contributed by atoms with Crippen molar-refractivity contribution in [3.63, 3.8) is 0 Å². The minimum absolute atomic E-state index is 0. The summed E-state index contributed by atoms with van der Waals surface area (Å²) >= 11 is 6.05. The summed E-state index contributed by atoms with van der Waals surface area (Å²) in [5, 5.41) is 3.24. The van der Waals surface area contributed by atoms with E-state index in [1.165, 1.54) is 31.4 Å². The van der Waals surface area contributed by atoms with E-state index in [4.69, 9.17) is 32.5 Å². The van der Waals surface area contributed by atoms with E-state index in [2.05, 4.69) is 10.2 Å². The number of primary amides is 1. The molecule has 0 bridgehead atoms. The number of rotatable bonds is 8. The summed E-state index contributed by atoms with van der Waals surface area (Å²) in [5.74, 6) is 0.0213. The van der Waals surface area contributed by atoms with Gasteiger partial charge in [0.1, 0.15) is 17.7 Å². The van der Waals surface area contributed by atoms with Crippen LogP contribution in [0.3, 0.4) is 0 Å². The van der Waals surface area contributed by atoms with E-state index >= 15 is 0 Å². The van der Waals surface area contributed by atoms with Crippen molar-refractivity contribution in [3.8, 4) is 5.75 Å². The lowest BCUT2D eigenvalue weighted by Gasteiger charge is -2.34. The molecule has 0 saturated carbocycles. The molecule has 34 heavy (non-hydrogen) atoms. The van der Waals surface area contributed by atoms with E-state index < -0.39 is 12.2 Å². The molecule has 0 radical (unpaired) electrons. The molecule has 1 atom stereocenters. The van der Waals surface area contributed by atoms with E-state index in [0.717, 1.165) is 25.9 Å². The van der Waals surface area contributed by atoms with Gasteiger partial charge in [0, 0.05) is 19.2 Å². The Hall–Kier alpha value is -2.75. The number of nitrogens with one attached hydrogen (secondary N) is 1. The maximum absolute atomic E-state index is 13.2. The number of nitrogens with zero attached hydrogens (tertiary/aromatic N) is 1. The molecule has 1 aliphatic heterocycles. The molecule has 1 fully saturated rings. The monoisotopic (exact) mass is 514 g/mol. The number of nitrogen functional groups attached to an aromatic ring is 1. The Balaban J connectivity index is 0.00000408. The lowest BCUT2D eigenvalue weighted by atomic mass is 9.96. The summed E-state index contributed by atoms with van der Waals surface area (Å²) in [6, 6.07) is 8.85. The van der Waals surface area contributed by atoms with Crippen molar-refractivity contribution >= 4 is 41.7 Å². The third-order valence-corrected chi connectivity index (χ3v) is 6.07. The molecule has 1 unspecified atom stereocenters. The summed E-state index contributed by atoms with van der Waals surface area (Å²) in [4.78, 5) is 26.1. The second-order valence-corrected chi connectivity index (χ2v) is 8.41. The summed E-state index contributed by atoms with van der Waals surface area (Å²) < 4.78 is 23.7. The first kappa shape index (κ1) is 27.5. The van der Waals surface area contributed by atoms with Crippen molar-refractivity contribution < 1.29 is 23.5 Å². The first-order valence-corrected chi connectivity index (χ1v) is 11.0. The fourth-order valence-corrected chi connectivity index (χ4v) is 4.05. The Morgan fingerprint density at radius 2 is 1.88 bits per heavy atom. The third kappa shape index (κ3) is 7.38. The maximum Gasteiger partial charge on any atom is 0.405 e. The van der Waals surface area contributed by atoms with Crippen LogP contribution < -0.4 is 21.5 Å². The summed E-state index contributed by atoms with van der Waals surface area (Å²) in [7, 11) is 1.47. The van der Waals surface area contributed by atoms with Crippen LogP contribution in [0.2, 0.25) is 5.02 Å². The highest BCUT2D eigenvalue weighted by Crippen LogP contribution is 2.29. The van der Waals surface area contributed by atoms with E-state index in [1.807, 2.05) is 0 Å². The molecule has 1 heterocycles. The minimum Gasteiger partial charge on any atom is -0.496 e. The van der Waals surface area contributed by atoms with E-state index in [1.54, 1.807) is 12.1 Å². The highest BCUT2D eigenvalue weighted by molar-refractivity contribution is 6.33. The molecule has 3 rings (SSSR count). The number of benzene rings is 2. The Morgan fingerprint density at radius 1 is 1.24 bits per heavy atom. The number of likely N-dealkylation sites (tertiary alicyclic amines) is 1. The van der Waals surface area contributed by atoms with Gasteiger partial charge in [0.2, 0.25) is 0 Å². The average molecular weight is 515 g/mol. The number of amides is 2. The van der Waals surface area contributed by atoms with Gasteiger partial charge in [-0.1, -0.05) is 23.7 Å². The zero-order valence-electron chi connectivity index (χ0n) is 18.8. The average Bonchev–Trinajstić information content (AvgIpc) is 2.79. The smallest absolute Gasteiger partial charge is 0.405 e. The van der Waals surface area contributed by atoms with Gasteiger partial charge < -0.3 is 26.3 Å². The van der Waals surface area contributed by atoms with Crippen molar-refractivity contribution in [1.82, 2.24) is 10.2 Å². The number of nitrogens with two attached hydrogens (primary N) is 2. The quantitative estimate of drug-likeness (QED) is 0.461. The van der Waals surface area contributed by atoms with E-state index in [-0.39, 0.29) is 24.1 Å². The number of halogens is 3. The Bertz CT molecular complexity index is 986. The van der Waals surface area contributed by atoms with Gasteiger partial charge in [-0.05, 0) is 55.6 Å². The number of ether oxygens (including phenoxy) is 2. The maximum atomic E-state index is 13.2. The molecule has 0 aromatic heterocycles. The number of anilines is 1. The van der Waals surface area contributed by atoms with Gasteiger partial charge in [-0.15, -0.1) is 12.4 Å². The minimum atomic E-state index is -0.875. The lowest BCUT2D eigenvalue weighted by molar-refractivity contribution is 0.0632. The normalized spacial score (nSPS) is 15.1. The standard InChI is InChI=1S/C23H28ClFN4O4.ClH/c1-32-20-11-19(26)18(24)10-17(20)22(30)28-12-14-6-8-29(9-7-14)13-21(33-23(27)31)15-2-4-16(25)5-3-15;/h2-5,10-11,14,21H,6-9,12-13,26H2,1H3,(H2,27,31)(H,28,30);1H. The van der Waals surface area contributed by atoms with Crippen LogP contribution in [-0.4, -0.2) is 50.2 Å². The first-order valence-electron chi connectivity index (χ1n) is 10.6. The van der Waals surface area contributed by atoms with E-state index in [0.29, 0.717) is 46.6 Å². The second kappa shape index (κ2) is 12.6. The molecule has 2 aromatic rings. The molecule has 2 amide bonds. The number of hydrogen-bond acceptors (Lipinski definition) is 6. The number of methoxy groups -OCH3 is 1. The molecule has 2 aromatic carbocycles. The topological polar surface area (TPSA) is 120 Å². The largest absolute Gasteiger partial charge is 0.496 e. The van der Waals surface area contributed by atoms with Crippen molar-refractivity contribution in [3.05, 3.63) is 58.4 Å². The van der Waals surface area contributed by atoms with Gasteiger partial charge in [0.25, 0.3) is 5.91 Å². The van der Waals surface area contributed by atoms with Crippen LogP contribution in [-0.2, 0) is 4.74 Å². The van der Waals surface area contributed by atoms with Crippen molar-refractivity contribution in [1.29, 1.82) is 0 Å². The van der Waals surface area contributed by atoms with Crippen LogP contribution in [0.15, 0.2) is 36.4 Å². The lowest BCUT2D eigenvalue weighted by Crippen LogP contribution is -2.41. The van der Waals surface area contributed by atoms with Gasteiger partial charge in [-0.3, -0.25) is 9.69 Å². The van der Waals surface area contributed by atoms with Crippen LogP contribution in [0, 0.1) is 11.7 Å². The van der Waals surface area contributed by atoms with Gasteiger partial charge in [-0.2, -0.15) is 0 Å². The molecule has 5 N–H and O–H groups in total. The summed E-state index contributed by atoms with van der Waals surface area (Å²) in [6.45, 7) is 2.49. The second-order valence-electron chi connectivity index (χ2n) is 8.01. The van der Waals surface area contributed by atoms with Crippen LogP contribution in [0.4, 0.5) is 14.9 Å². The predicted molar refractivity (Wildman–Crippen MR) is 131 cm³/mol. The zero-order chi connectivity index (χ0) is 24.0. The summed E-state index contributed by atoms with van der Waals surface area (Å²) in [6.07, 6.45) is 0.251. The SMILES string of the molecule is COc1cc(N)c(Cl)cc1C(=O)NCC1CCN(CC(OC(N)=O)c2ccc(F)cc2)CC1.Cl. The van der Waals surface area contributed by atoms with Gasteiger partial charge in [0.15, 0.2) is 0 Å². The van der Waals surface area contributed by atoms with Crippen LogP contribution in [0.25, 0.3) is 0 Å². The fraction of sp³-hybridized carbons (Fsp3) is 0.391. The molecule has 11 heteroatoms. The van der Waals surface area contributed by atoms with Crippen molar-refractivity contribution in [2.24, 2.45) is 11.7 Å². The highest BCUT2D eigenvalue weighted by Gasteiger charge is 2.25. The fourth-order valence-electron chi connectivity index (χ4n) is 3.88. The van der Waals surface area contributed by atoms with E-state index in [9.17, 15) is 14.0 Å². The van der Waals surface area contributed by atoms with Crippen LogP contribution >= 0.6 is 24.0 Å². The van der Waals surface area contributed by atoms with Crippen LogP contribution in [0.1, 0.15) is 34.9 Å². The molecule has 0 spiro atoms. The van der Waals surface area contributed by atoms with Crippen molar-refractivity contribution in [2.75, 3.05) is 39.0 Å². The number of piperidine rings is 1. The predicted octanol–water partition coefficient (Wildman–Crippen LogP) is 3.77.